The summed E-state index contributed by atoms with van der Waals surface area (Å²) in [5, 5.41) is 10.5. The number of halogens is 1. The van der Waals surface area contributed by atoms with E-state index in [-0.39, 0.29) is 18.1 Å². The number of hydrogen-bond acceptors (Lipinski definition) is 2. The summed E-state index contributed by atoms with van der Waals surface area (Å²) in [6.45, 7) is 0. The van der Waals surface area contributed by atoms with Crippen molar-refractivity contribution in [1.82, 2.24) is 10.2 Å². The van der Waals surface area contributed by atoms with Gasteiger partial charge < -0.3 is 5.32 Å². The zero-order chi connectivity index (χ0) is 13.9. The summed E-state index contributed by atoms with van der Waals surface area (Å²) in [5.74, 6) is -0.0876. The molecule has 3 aromatic rings. The van der Waals surface area contributed by atoms with E-state index in [1.807, 2.05) is 24.3 Å². The Hall–Kier alpha value is -2.69. The molecule has 0 aliphatic heterocycles. The third-order valence-electron chi connectivity index (χ3n) is 2.98. The molecule has 0 aliphatic rings. The van der Waals surface area contributed by atoms with E-state index in [0.717, 1.165) is 10.9 Å². The molecular weight excluding hydrogens is 257 g/mol. The van der Waals surface area contributed by atoms with Crippen molar-refractivity contribution in [1.29, 1.82) is 0 Å². The number of carbonyl (C=O) groups is 1. The predicted molar refractivity (Wildman–Crippen MR) is 74.8 cm³/mol. The van der Waals surface area contributed by atoms with Crippen molar-refractivity contribution in [3.05, 3.63) is 59.9 Å². The van der Waals surface area contributed by atoms with Gasteiger partial charge in [-0.1, -0.05) is 24.3 Å². The number of amides is 1. The number of hydrogen-bond donors (Lipinski definition) is 2. The molecule has 0 saturated carbocycles. The first kappa shape index (κ1) is 12.3. The third kappa shape index (κ3) is 2.51. The zero-order valence-corrected chi connectivity index (χ0v) is 10.6. The average molecular weight is 269 g/mol. The average Bonchev–Trinajstić information content (AvgIpc) is 2.82. The van der Waals surface area contributed by atoms with Crippen LogP contribution >= 0.6 is 0 Å². The SMILES string of the molecule is O=C(Cc1cccc(F)c1)Nc1n[nH]c2ccccc12. The van der Waals surface area contributed by atoms with Gasteiger partial charge in [-0.3, -0.25) is 9.89 Å². The van der Waals surface area contributed by atoms with Crippen LogP contribution in [0.25, 0.3) is 10.9 Å². The van der Waals surface area contributed by atoms with E-state index in [0.29, 0.717) is 11.4 Å². The highest BCUT2D eigenvalue weighted by Gasteiger charge is 2.09. The van der Waals surface area contributed by atoms with Crippen molar-refractivity contribution in [3.63, 3.8) is 0 Å². The fraction of sp³-hybridized carbons (Fsp3) is 0.0667. The van der Waals surface area contributed by atoms with Crippen LogP contribution in [-0.4, -0.2) is 16.1 Å². The molecule has 2 N–H and O–H groups in total. The number of para-hydroxylation sites is 1. The summed E-state index contributed by atoms with van der Waals surface area (Å²) in [4.78, 5) is 11.9. The Balaban J connectivity index is 1.76. The van der Waals surface area contributed by atoms with Gasteiger partial charge in [0.1, 0.15) is 5.82 Å². The van der Waals surface area contributed by atoms with Gasteiger partial charge in [0, 0.05) is 5.39 Å². The van der Waals surface area contributed by atoms with Gasteiger partial charge in [0.05, 0.1) is 11.9 Å². The fourth-order valence-corrected chi connectivity index (χ4v) is 2.07. The Morgan fingerprint density at radius 3 is 2.90 bits per heavy atom. The van der Waals surface area contributed by atoms with Gasteiger partial charge in [-0.25, -0.2) is 4.39 Å². The van der Waals surface area contributed by atoms with Crippen molar-refractivity contribution in [2.24, 2.45) is 0 Å². The second-order valence-corrected chi connectivity index (χ2v) is 4.47. The maximum absolute atomic E-state index is 13.1. The van der Waals surface area contributed by atoms with Gasteiger partial charge in [-0.15, -0.1) is 0 Å². The van der Waals surface area contributed by atoms with Crippen molar-refractivity contribution in [2.75, 3.05) is 5.32 Å². The summed E-state index contributed by atoms with van der Waals surface area (Å²) >= 11 is 0. The molecule has 0 bridgehead atoms. The lowest BCUT2D eigenvalue weighted by molar-refractivity contribution is -0.115. The molecule has 0 fully saturated rings. The minimum absolute atomic E-state index is 0.110. The maximum Gasteiger partial charge on any atom is 0.230 e. The number of nitrogens with zero attached hydrogens (tertiary/aromatic N) is 1. The van der Waals surface area contributed by atoms with Crippen molar-refractivity contribution in [3.8, 4) is 0 Å². The van der Waals surface area contributed by atoms with Gasteiger partial charge in [-0.2, -0.15) is 5.10 Å². The number of nitrogens with one attached hydrogen (secondary N) is 2. The van der Waals surface area contributed by atoms with Crippen LogP contribution in [-0.2, 0) is 11.2 Å². The van der Waals surface area contributed by atoms with E-state index in [1.165, 1.54) is 12.1 Å². The molecule has 0 unspecified atom stereocenters. The lowest BCUT2D eigenvalue weighted by atomic mass is 10.1. The molecule has 0 spiro atoms. The lowest BCUT2D eigenvalue weighted by Gasteiger charge is -2.03. The number of fused-ring (bicyclic) bond motifs is 1. The Labute approximate surface area is 114 Å². The quantitative estimate of drug-likeness (QED) is 0.768. The fourth-order valence-electron chi connectivity index (χ4n) is 2.07. The van der Waals surface area contributed by atoms with Gasteiger partial charge in [-0.05, 0) is 29.8 Å². The molecule has 0 aliphatic carbocycles. The molecule has 5 heteroatoms. The van der Waals surface area contributed by atoms with Crippen LogP contribution in [0.15, 0.2) is 48.5 Å². The number of aromatic amines is 1. The minimum atomic E-state index is -0.347. The molecule has 3 rings (SSSR count). The van der Waals surface area contributed by atoms with Gasteiger partial charge in [0.2, 0.25) is 5.91 Å². The molecule has 0 saturated heterocycles. The van der Waals surface area contributed by atoms with Gasteiger partial charge in [0.25, 0.3) is 0 Å². The smallest absolute Gasteiger partial charge is 0.230 e. The molecule has 4 nitrogen and oxygen atoms in total. The first-order valence-electron chi connectivity index (χ1n) is 6.20. The molecular formula is C15H12FN3O. The van der Waals surface area contributed by atoms with Gasteiger partial charge in [0.15, 0.2) is 5.82 Å². The van der Waals surface area contributed by atoms with Crippen LogP contribution in [0.5, 0.6) is 0 Å². The number of anilines is 1. The number of H-pyrrole nitrogens is 1. The molecule has 20 heavy (non-hydrogen) atoms. The van der Waals surface area contributed by atoms with E-state index in [1.54, 1.807) is 12.1 Å². The predicted octanol–water partition coefficient (Wildman–Crippen LogP) is 2.88. The molecule has 2 aromatic carbocycles. The minimum Gasteiger partial charge on any atom is -0.308 e. The largest absolute Gasteiger partial charge is 0.308 e. The molecule has 0 radical (unpaired) electrons. The molecule has 1 heterocycles. The van der Waals surface area contributed by atoms with Crippen molar-refractivity contribution in [2.45, 2.75) is 6.42 Å². The van der Waals surface area contributed by atoms with E-state index in [4.69, 9.17) is 0 Å². The van der Waals surface area contributed by atoms with Crippen LogP contribution in [0.1, 0.15) is 5.56 Å². The van der Waals surface area contributed by atoms with E-state index in [2.05, 4.69) is 15.5 Å². The molecule has 1 aromatic heterocycles. The Morgan fingerprint density at radius 1 is 1.20 bits per heavy atom. The molecule has 1 amide bonds. The van der Waals surface area contributed by atoms with Crippen LogP contribution in [0.2, 0.25) is 0 Å². The summed E-state index contributed by atoms with van der Waals surface area (Å²) in [5.41, 5.74) is 1.48. The van der Waals surface area contributed by atoms with E-state index in [9.17, 15) is 9.18 Å². The first-order chi connectivity index (χ1) is 9.72. The second-order valence-electron chi connectivity index (χ2n) is 4.47. The summed E-state index contributed by atoms with van der Waals surface area (Å²) in [6, 6.07) is 13.5. The zero-order valence-electron chi connectivity index (χ0n) is 10.6. The Bertz CT molecular complexity index is 766. The monoisotopic (exact) mass is 269 g/mol. The molecule has 100 valence electrons. The van der Waals surface area contributed by atoms with E-state index < -0.39 is 0 Å². The Kier molecular flexibility index (Phi) is 3.16. The number of carbonyl (C=O) groups excluding carboxylic acids is 1. The highest BCUT2D eigenvalue weighted by molar-refractivity contribution is 6.00. The lowest BCUT2D eigenvalue weighted by Crippen LogP contribution is -2.14. The topological polar surface area (TPSA) is 57.8 Å². The van der Waals surface area contributed by atoms with Crippen molar-refractivity contribution < 1.29 is 9.18 Å². The summed E-state index contributed by atoms with van der Waals surface area (Å²) in [6.07, 6.45) is 0.110. The normalized spacial score (nSPS) is 10.7. The van der Waals surface area contributed by atoms with Crippen LogP contribution < -0.4 is 5.32 Å². The first-order valence-corrected chi connectivity index (χ1v) is 6.20. The summed E-state index contributed by atoms with van der Waals surface area (Å²) < 4.78 is 13.1. The molecule has 0 atom stereocenters. The van der Waals surface area contributed by atoms with Gasteiger partial charge >= 0.3 is 0 Å². The highest BCUT2D eigenvalue weighted by atomic mass is 19.1. The standard InChI is InChI=1S/C15H12FN3O/c16-11-5-3-4-10(8-11)9-14(20)17-15-12-6-1-2-7-13(12)18-19-15/h1-8H,9H2,(H2,17,18,19,20). The number of aromatic nitrogens is 2. The van der Waals surface area contributed by atoms with Crippen LogP contribution in [0, 0.1) is 5.82 Å². The number of rotatable bonds is 3. The second kappa shape index (κ2) is 5.13. The van der Waals surface area contributed by atoms with Crippen LogP contribution in [0.3, 0.4) is 0 Å². The Morgan fingerprint density at radius 2 is 2.05 bits per heavy atom. The summed E-state index contributed by atoms with van der Waals surface area (Å²) in [7, 11) is 0. The van der Waals surface area contributed by atoms with E-state index >= 15 is 0 Å². The number of benzene rings is 2. The van der Waals surface area contributed by atoms with Crippen molar-refractivity contribution >= 4 is 22.6 Å². The van der Waals surface area contributed by atoms with Crippen LogP contribution in [0.4, 0.5) is 10.2 Å². The maximum atomic E-state index is 13.1. The third-order valence-corrected chi connectivity index (χ3v) is 2.98. The highest BCUT2D eigenvalue weighted by Crippen LogP contribution is 2.19.